The third kappa shape index (κ3) is 5.67. The number of nitrogens with one attached hydrogen (secondary N) is 2. The zero-order valence-electron chi connectivity index (χ0n) is 14.3. The summed E-state index contributed by atoms with van der Waals surface area (Å²) in [5.41, 5.74) is 2.00. The molecule has 126 valence electrons. The summed E-state index contributed by atoms with van der Waals surface area (Å²) < 4.78 is 0. The van der Waals surface area contributed by atoms with Crippen LogP contribution in [0.4, 0.5) is 5.69 Å². The zero-order valence-corrected chi connectivity index (χ0v) is 14.3. The number of anilines is 1. The number of benzene rings is 1. The molecular weight excluding hydrogens is 290 g/mol. The summed E-state index contributed by atoms with van der Waals surface area (Å²) in [4.78, 5) is 26.2. The second-order valence-electron chi connectivity index (χ2n) is 6.63. The van der Waals surface area contributed by atoms with Gasteiger partial charge < -0.3 is 10.6 Å². The molecule has 1 aromatic carbocycles. The van der Waals surface area contributed by atoms with Gasteiger partial charge in [-0.15, -0.1) is 0 Å². The lowest BCUT2D eigenvalue weighted by atomic mass is 9.95. The number of carbonyl (C=O) groups excluding carboxylic acids is 2. The van der Waals surface area contributed by atoms with E-state index in [2.05, 4.69) is 15.5 Å². The summed E-state index contributed by atoms with van der Waals surface area (Å²) >= 11 is 0. The number of amides is 2. The minimum Gasteiger partial charge on any atom is -0.354 e. The third-order valence-corrected chi connectivity index (χ3v) is 4.09. The average Bonchev–Trinajstić information content (AvgIpc) is 2.49. The first-order valence-corrected chi connectivity index (χ1v) is 8.33. The van der Waals surface area contributed by atoms with Gasteiger partial charge in [0.25, 0.3) is 0 Å². The van der Waals surface area contributed by atoms with Crippen molar-refractivity contribution < 1.29 is 9.59 Å². The highest BCUT2D eigenvalue weighted by Crippen LogP contribution is 2.17. The largest absolute Gasteiger partial charge is 0.354 e. The van der Waals surface area contributed by atoms with Gasteiger partial charge in [-0.2, -0.15) is 0 Å². The van der Waals surface area contributed by atoms with Gasteiger partial charge in [0.15, 0.2) is 0 Å². The van der Waals surface area contributed by atoms with Crippen LogP contribution in [0.1, 0.15) is 32.3 Å². The molecule has 2 rings (SSSR count). The second kappa shape index (κ2) is 8.11. The Labute approximate surface area is 138 Å². The van der Waals surface area contributed by atoms with E-state index in [4.69, 9.17) is 0 Å². The van der Waals surface area contributed by atoms with Gasteiger partial charge in [0.05, 0.1) is 6.54 Å². The van der Waals surface area contributed by atoms with Gasteiger partial charge in [-0.05, 0) is 58.8 Å². The van der Waals surface area contributed by atoms with Crippen molar-refractivity contribution in [2.45, 2.75) is 39.7 Å². The molecule has 1 aliphatic rings. The fraction of sp³-hybridized carbons (Fsp3) is 0.556. The Balaban J connectivity index is 1.74. The Morgan fingerprint density at radius 3 is 2.35 bits per heavy atom. The molecular formula is C18H27N3O2. The second-order valence-corrected chi connectivity index (χ2v) is 6.63. The molecule has 0 spiro atoms. The van der Waals surface area contributed by atoms with Crippen molar-refractivity contribution in [2.75, 3.05) is 25.0 Å². The molecule has 1 aromatic rings. The Bertz CT molecular complexity index is 532. The number of aryl methyl sites for hydroxylation is 1. The fourth-order valence-corrected chi connectivity index (χ4v) is 2.80. The van der Waals surface area contributed by atoms with Crippen LogP contribution in [0.2, 0.25) is 0 Å². The van der Waals surface area contributed by atoms with E-state index in [-0.39, 0.29) is 23.8 Å². The van der Waals surface area contributed by atoms with Crippen LogP contribution < -0.4 is 10.6 Å². The van der Waals surface area contributed by atoms with Crippen LogP contribution in [-0.4, -0.2) is 42.4 Å². The van der Waals surface area contributed by atoms with Gasteiger partial charge in [0.1, 0.15) is 0 Å². The molecule has 0 radical (unpaired) electrons. The van der Waals surface area contributed by atoms with Crippen LogP contribution >= 0.6 is 0 Å². The Hall–Kier alpha value is -1.88. The van der Waals surface area contributed by atoms with E-state index in [9.17, 15) is 9.59 Å². The maximum Gasteiger partial charge on any atom is 0.238 e. The predicted molar refractivity (Wildman–Crippen MR) is 92.3 cm³/mol. The molecule has 0 bridgehead atoms. The summed E-state index contributed by atoms with van der Waals surface area (Å²) in [6, 6.07) is 7.97. The molecule has 5 nitrogen and oxygen atoms in total. The van der Waals surface area contributed by atoms with E-state index < -0.39 is 0 Å². The lowest BCUT2D eigenvalue weighted by Gasteiger charge is -2.31. The van der Waals surface area contributed by atoms with Crippen molar-refractivity contribution in [3.05, 3.63) is 29.8 Å². The van der Waals surface area contributed by atoms with Crippen LogP contribution in [0.15, 0.2) is 24.3 Å². The number of hydrogen-bond acceptors (Lipinski definition) is 3. The topological polar surface area (TPSA) is 61.4 Å². The number of nitrogens with zero attached hydrogens (tertiary/aromatic N) is 1. The van der Waals surface area contributed by atoms with E-state index in [1.165, 1.54) is 5.56 Å². The molecule has 2 amide bonds. The van der Waals surface area contributed by atoms with Crippen molar-refractivity contribution >= 4 is 17.5 Å². The molecule has 1 fully saturated rings. The highest BCUT2D eigenvalue weighted by Gasteiger charge is 2.26. The first-order valence-electron chi connectivity index (χ1n) is 8.33. The standard InChI is InChI=1S/C18H27N3O2/c1-13(2)19-18(23)15-8-10-21(11-9-15)12-17(22)20-16-6-4-14(3)5-7-16/h4-7,13,15H,8-12H2,1-3H3,(H,19,23)(H,20,22). The number of piperidine rings is 1. The minimum atomic E-state index is -0.000986. The van der Waals surface area contributed by atoms with Crippen molar-refractivity contribution in [3.8, 4) is 0 Å². The smallest absolute Gasteiger partial charge is 0.238 e. The Kier molecular flexibility index (Phi) is 6.16. The molecule has 23 heavy (non-hydrogen) atoms. The monoisotopic (exact) mass is 317 g/mol. The number of likely N-dealkylation sites (tertiary alicyclic amines) is 1. The summed E-state index contributed by atoms with van der Waals surface area (Å²) in [6.07, 6.45) is 1.63. The van der Waals surface area contributed by atoms with E-state index in [1.54, 1.807) is 0 Å². The third-order valence-electron chi connectivity index (χ3n) is 4.09. The van der Waals surface area contributed by atoms with Gasteiger partial charge in [0.2, 0.25) is 11.8 Å². The molecule has 5 heteroatoms. The van der Waals surface area contributed by atoms with Gasteiger partial charge in [-0.1, -0.05) is 17.7 Å². The first kappa shape index (κ1) is 17.5. The predicted octanol–water partition coefficient (Wildman–Crippen LogP) is 2.17. The molecule has 1 aliphatic heterocycles. The van der Waals surface area contributed by atoms with Crippen LogP contribution in [0.25, 0.3) is 0 Å². The minimum absolute atomic E-state index is 0.000986. The quantitative estimate of drug-likeness (QED) is 0.875. The van der Waals surface area contributed by atoms with E-state index in [1.807, 2.05) is 45.0 Å². The SMILES string of the molecule is Cc1ccc(NC(=O)CN2CCC(C(=O)NC(C)C)CC2)cc1. The van der Waals surface area contributed by atoms with Gasteiger partial charge in [-0.25, -0.2) is 0 Å². The van der Waals surface area contributed by atoms with Crippen LogP contribution in [0, 0.1) is 12.8 Å². The fourth-order valence-electron chi connectivity index (χ4n) is 2.80. The van der Waals surface area contributed by atoms with Crippen molar-refractivity contribution in [2.24, 2.45) is 5.92 Å². The van der Waals surface area contributed by atoms with Crippen LogP contribution in [0.5, 0.6) is 0 Å². The molecule has 0 aromatic heterocycles. The first-order chi connectivity index (χ1) is 10.9. The molecule has 1 heterocycles. The van der Waals surface area contributed by atoms with Gasteiger partial charge in [0, 0.05) is 17.6 Å². The summed E-state index contributed by atoms with van der Waals surface area (Å²) in [5.74, 6) is 0.219. The van der Waals surface area contributed by atoms with Gasteiger partial charge in [-0.3, -0.25) is 14.5 Å². The molecule has 0 saturated carbocycles. The van der Waals surface area contributed by atoms with E-state index in [0.717, 1.165) is 31.6 Å². The molecule has 1 saturated heterocycles. The van der Waals surface area contributed by atoms with E-state index in [0.29, 0.717) is 6.54 Å². The van der Waals surface area contributed by atoms with Crippen LogP contribution in [-0.2, 0) is 9.59 Å². The summed E-state index contributed by atoms with van der Waals surface area (Å²) in [5, 5.41) is 5.89. The van der Waals surface area contributed by atoms with Crippen molar-refractivity contribution in [1.82, 2.24) is 10.2 Å². The zero-order chi connectivity index (χ0) is 16.8. The summed E-state index contributed by atoms with van der Waals surface area (Å²) in [6.45, 7) is 7.93. The normalized spacial score (nSPS) is 16.3. The average molecular weight is 317 g/mol. The number of rotatable bonds is 5. The van der Waals surface area contributed by atoms with Crippen molar-refractivity contribution in [1.29, 1.82) is 0 Å². The molecule has 0 unspecified atom stereocenters. The maximum atomic E-state index is 12.1. The highest BCUT2D eigenvalue weighted by molar-refractivity contribution is 5.92. The summed E-state index contributed by atoms with van der Waals surface area (Å²) in [7, 11) is 0. The van der Waals surface area contributed by atoms with Crippen molar-refractivity contribution in [3.63, 3.8) is 0 Å². The Morgan fingerprint density at radius 2 is 1.78 bits per heavy atom. The highest BCUT2D eigenvalue weighted by atomic mass is 16.2. The number of carbonyl (C=O) groups is 2. The number of hydrogen-bond donors (Lipinski definition) is 2. The molecule has 0 atom stereocenters. The lowest BCUT2D eigenvalue weighted by molar-refractivity contribution is -0.127. The van der Waals surface area contributed by atoms with Crippen LogP contribution in [0.3, 0.4) is 0 Å². The van der Waals surface area contributed by atoms with Gasteiger partial charge >= 0.3 is 0 Å². The maximum absolute atomic E-state index is 12.1. The Morgan fingerprint density at radius 1 is 1.17 bits per heavy atom. The molecule has 0 aliphatic carbocycles. The molecule has 2 N–H and O–H groups in total. The lowest BCUT2D eigenvalue weighted by Crippen LogP contribution is -2.44. The van der Waals surface area contributed by atoms with E-state index >= 15 is 0 Å².